The molecule has 1 aliphatic carbocycles. The lowest BCUT2D eigenvalue weighted by atomic mass is 9.84. The Kier molecular flexibility index (Phi) is 3.65. The summed E-state index contributed by atoms with van der Waals surface area (Å²) in [7, 11) is 0. The fourth-order valence-electron chi connectivity index (χ4n) is 2.95. The average Bonchev–Trinajstić information content (AvgIpc) is 2.12. The molecule has 0 radical (unpaired) electrons. The van der Waals surface area contributed by atoms with E-state index in [0.717, 1.165) is 19.1 Å². The molecule has 2 atom stereocenters. The van der Waals surface area contributed by atoms with Gasteiger partial charge in [0.1, 0.15) is 0 Å². The van der Waals surface area contributed by atoms with Gasteiger partial charge in [0.25, 0.3) is 0 Å². The predicted octanol–water partition coefficient (Wildman–Crippen LogP) is 1.37. The van der Waals surface area contributed by atoms with Crippen molar-refractivity contribution < 1.29 is 4.74 Å². The Labute approximate surface area is 93.0 Å². The lowest BCUT2D eigenvalue weighted by Gasteiger charge is -2.48. The van der Waals surface area contributed by atoms with Gasteiger partial charge in [0, 0.05) is 31.3 Å². The van der Waals surface area contributed by atoms with Crippen LogP contribution >= 0.6 is 0 Å². The minimum absolute atomic E-state index is 0.430. The smallest absolute Gasteiger partial charge is 0.0604 e. The maximum absolute atomic E-state index is 5.97. The monoisotopic (exact) mass is 212 g/mol. The van der Waals surface area contributed by atoms with Crippen molar-refractivity contribution in [3.63, 3.8) is 0 Å². The first-order chi connectivity index (χ1) is 7.20. The van der Waals surface area contributed by atoms with Crippen LogP contribution in [0.2, 0.25) is 0 Å². The average molecular weight is 212 g/mol. The summed E-state index contributed by atoms with van der Waals surface area (Å²) in [5, 5.41) is 0. The maximum Gasteiger partial charge on any atom is 0.0604 e. The van der Waals surface area contributed by atoms with Gasteiger partial charge in [0.15, 0.2) is 0 Å². The zero-order valence-corrected chi connectivity index (χ0v) is 9.98. The first-order valence-corrected chi connectivity index (χ1v) is 6.33. The lowest BCUT2D eigenvalue weighted by Crippen LogP contribution is -2.55. The molecule has 2 aliphatic rings. The molecule has 2 rings (SSSR count). The number of hydrogen-bond donors (Lipinski definition) is 1. The van der Waals surface area contributed by atoms with E-state index in [1.165, 1.54) is 25.8 Å². The highest BCUT2D eigenvalue weighted by Crippen LogP contribution is 2.32. The third-order valence-electron chi connectivity index (χ3n) is 3.91. The normalized spacial score (nSPS) is 42.6. The third kappa shape index (κ3) is 2.52. The molecule has 88 valence electrons. The van der Waals surface area contributed by atoms with E-state index in [1.54, 1.807) is 0 Å². The molecule has 1 saturated heterocycles. The lowest BCUT2D eigenvalue weighted by molar-refractivity contribution is -0.0632. The van der Waals surface area contributed by atoms with Crippen molar-refractivity contribution in [1.29, 1.82) is 0 Å². The van der Waals surface area contributed by atoms with E-state index in [2.05, 4.69) is 18.7 Å². The van der Waals surface area contributed by atoms with Gasteiger partial charge in [-0.2, -0.15) is 0 Å². The summed E-state index contributed by atoms with van der Waals surface area (Å²) >= 11 is 0. The Bertz CT molecular complexity index is 204. The summed E-state index contributed by atoms with van der Waals surface area (Å²) in [4.78, 5) is 2.64. The number of nitrogens with two attached hydrogens (primary N) is 1. The van der Waals surface area contributed by atoms with Crippen molar-refractivity contribution in [2.45, 2.75) is 63.8 Å². The molecule has 0 spiro atoms. The van der Waals surface area contributed by atoms with Crippen LogP contribution in [-0.2, 0) is 4.74 Å². The first kappa shape index (κ1) is 11.4. The molecule has 0 aromatic heterocycles. The molecule has 1 aliphatic heterocycles. The number of likely N-dealkylation sites (tertiary alicyclic amines) is 1. The topological polar surface area (TPSA) is 38.5 Å². The molecule has 0 aromatic carbocycles. The van der Waals surface area contributed by atoms with Crippen molar-refractivity contribution in [1.82, 2.24) is 4.90 Å². The Balaban J connectivity index is 1.76. The number of hydrogen-bond acceptors (Lipinski definition) is 3. The van der Waals surface area contributed by atoms with E-state index in [4.69, 9.17) is 10.5 Å². The van der Waals surface area contributed by atoms with Crippen molar-refractivity contribution in [3.8, 4) is 0 Å². The van der Waals surface area contributed by atoms with Crippen LogP contribution in [-0.4, -0.2) is 42.3 Å². The third-order valence-corrected chi connectivity index (χ3v) is 3.91. The standard InChI is InChI=1S/C12H24N2O/c1-3-15-12-7-11(8-12)14-5-4-10(13)6-9(14)2/h9-12H,3-8,13H2,1-2H3. The van der Waals surface area contributed by atoms with Crippen LogP contribution < -0.4 is 5.73 Å². The van der Waals surface area contributed by atoms with Gasteiger partial charge in [0.05, 0.1) is 6.10 Å². The van der Waals surface area contributed by atoms with E-state index in [-0.39, 0.29) is 0 Å². The van der Waals surface area contributed by atoms with Gasteiger partial charge in [-0.15, -0.1) is 0 Å². The fourth-order valence-corrected chi connectivity index (χ4v) is 2.95. The molecule has 1 saturated carbocycles. The van der Waals surface area contributed by atoms with Crippen molar-refractivity contribution in [3.05, 3.63) is 0 Å². The van der Waals surface area contributed by atoms with Crippen molar-refractivity contribution in [2.24, 2.45) is 5.73 Å². The molecule has 3 nitrogen and oxygen atoms in total. The van der Waals surface area contributed by atoms with Crippen LogP contribution in [0.25, 0.3) is 0 Å². The molecule has 1 heterocycles. The number of nitrogens with zero attached hydrogens (tertiary/aromatic N) is 1. The largest absolute Gasteiger partial charge is 0.378 e. The second kappa shape index (κ2) is 4.81. The van der Waals surface area contributed by atoms with Crippen LogP contribution in [0.5, 0.6) is 0 Å². The van der Waals surface area contributed by atoms with Crippen molar-refractivity contribution >= 4 is 0 Å². The number of piperidine rings is 1. The summed E-state index contributed by atoms with van der Waals surface area (Å²) in [5.74, 6) is 0. The SMILES string of the molecule is CCOC1CC(N2CCC(N)CC2C)C1. The molecule has 0 amide bonds. The Morgan fingerprint density at radius 2 is 2.07 bits per heavy atom. The second-order valence-corrected chi connectivity index (χ2v) is 5.07. The highest BCUT2D eigenvalue weighted by molar-refractivity contribution is 4.93. The summed E-state index contributed by atoms with van der Waals surface area (Å²) in [5.41, 5.74) is 5.97. The Morgan fingerprint density at radius 1 is 1.33 bits per heavy atom. The quantitative estimate of drug-likeness (QED) is 0.768. The van der Waals surface area contributed by atoms with E-state index < -0.39 is 0 Å². The van der Waals surface area contributed by atoms with E-state index in [9.17, 15) is 0 Å². The van der Waals surface area contributed by atoms with Gasteiger partial charge >= 0.3 is 0 Å². The van der Waals surface area contributed by atoms with Gasteiger partial charge in [-0.25, -0.2) is 0 Å². The molecule has 3 heteroatoms. The molecule has 2 fully saturated rings. The van der Waals surface area contributed by atoms with Gasteiger partial charge in [0.2, 0.25) is 0 Å². The Hall–Kier alpha value is -0.120. The Morgan fingerprint density at radius 3 is 2.67 bits per heavy atom. The number of rotatable bonds is 3. The highest BCUT2D eigenvalue weighted by Gasteiger charge is 2.37. The van der Waals surface area contributed by atoms with Crippen LogP contribution in [0.4, 0.5) is 0 Å². The molecular formula is C12H24N2O. The molecule has 0 aromatic rings. The summed E-state index contributed by atoms with van der Waals surface area (Å²) in [6.45, 7) is 6.44. The maximum atomic E-state index is 5.97. The zero-order valence-electron chi connectivity index (χ0n) is 9.98. The van der Waals surface area contributed by atoms with Gasteiger partial charge < -0.3 is 10.5 Å². The molecular weight excluding hydrogens is 188 g/mol. The summed E-state index contributed by atoms with van der Waals surface area (Å²) < 4.78 is 5.60. The highest BCUT2D eigenvalue weighted by atomic mass is 16.5. The first-order valence-electron chi connectivity index (χ1n) is 6.33. The predicted molar refractivity (Wildman–Crippen MR) is 61.8 cm³/mol. The van der Waals surface area contributed by atoms with Gasteiger partial charge in [-0.1, -0.05) is 0 Å². The van der Waals surface area contributed by atoms with Crippen LogP contribution in [0, 0.1) is 0 Å². The summed E-state index contributed by atoms with van der Waals surface area (Å²) in [6.07, 6.45) is 5.32. The minimum Gasteiger partial charge on any atom is -0.378 e. The molecule has 2 unspecified atom stereocenters. The van der Waals surface area contributed by atoms with Gasteiger partial charge in [-0.3, -0.25) is 4.90 Å². The van der Waals surface area contributed by atoms with Crippen LogP contribution in [0.3, 0.4) is 0 Å². The molecule has 0 bridgehead atoms. The van der Waals surface area contributed by atoms with Crippen LogP contribution in [0.1, 0.15) is 39.5 Å². The van der Waals surface area contributed by atoms with Crippen molar-refractivity contribution in [2.75, 3.05) is 13.2 Å². The second-order valence-electron chi connectivity index (χ2n) is 5.07. The van der Waals surface area contributed by atoms with E-state index >= 15 is 0 Å². The van der Waals surface area contributed by atoms with E-state index in [0.29, 0.717) is 18.2 Å². The number of ether oxygens (including phenoxy) is 1. The fraction of sp³-hybridized carbons (Fsp3) is 1.00. The summed E-state index contributed by atoms with van der Waals surface area (Å²) in [6, 6.07) is 1.87. The molecule has 2 N–H and O–H groups in total. The minimum atomic E-state index is 0.430. The molecule has 15 heavy (non-hydrogen) atoms. The zero-order chi connectivity index (χ0) is 10.8. The van der Waals surface area contributed by atoms with Gasteiger partial charge in [-0.05, 0) is 39.5 Å². The van der Waals surface area contributed by atoms with E-state index in [1.807, 2.05) is 0 Å². The van der Waals surface area contributed by atoms with Crippen LogP contribution in [0.15, 0.2) is 0 Å².